The Hall–Kier alpha value is -4.16. The SMILES string of the molecule is COc1ccc(C(=O)NCc2nnc(SCC(=O)N3N=C(c4cccs4)CC3c3ccc(OC)cc3)n2C)cc1. The molecule has 4 aromatic rings. The fourth-order valence-electron chi connectivity index (χ4n) is 4.24. The zero-order valence-corrected chi connectivity index (χ0v) is 23.9. The molecule has 2 aromatic heterocycles. The van der Waals surface area contributed by atoms with Crippen LogP contribution in [0.1, 0.15) is 39.1 Å². The number of rotatable bonds is 10. The van der Waals surface area contributed by atoms with E-state index in [-0.39, 0.29) is 30.2 Å². The van der Waals surface area contributed by atoms with Crippen molar-refractivity contribution in [2.45, 2.75) is 24.2 Å². The number of amides is 2. The van der Waals surface area contributed by atoms with Gasteiger partial charge in [-0.3, -0.25) is 9.59 Å². The molecule has 1 unspecified atom stereocenters. The van der Waals surface area contributed by atoms with Crippen molar-refractivity contribution in [1.82, 2.24) is 25.1 Å². The lowest BCUT2D eigenvalue weighted by Gasteiger charge is -2.22. The van der Waals surface area contributed by atoms with E-state index in [9.17, 15) is 9.59 Å². The van der Waals surface area contributed by atoms with Crippen molar-refractivity contribution >= 4 is 40.6 Å². The van der Waals surface area contributed by atoms with Gasteiger partial charge in [0.25, 0.3) is 11.8 Å². The van der Waals surface area contributed by atoms with Gasteiger partial charge < -0.3 is 19.4 Å². The number of methoxy groups -OCH3 is 2. The molecule has 12 heteroatoms. The van der Waals surface area contributed by atoms with Crippen LogP contribution in [0.25, 0.3) is 0 Å². The number of hydrogen-bond donors (Lipinski definition) is 1. The van der Waals surface area contributed by atoms with Crippen LogP contribution < -0.4 is 14.8 Å². The molecule has 206 valence electrons. The van der Waals surface area contributed by atoms with Crippen LogP contribution in [0.3, 0.4) is 0 Å². The minimum atomic E-state index is -0.229. The monoisotopic (exact) mass is 576 g/mol. The molecule has 0 saturated heterocycles. The standard InChI is InChI=1S/C28H28N6O4S2/c1-33-25(16-29-27(36)19-8-12-21(38-3)13-9-19)30-31-28(33)40-17-26(35)34-23(18-6-10-20(37-2)11-7-18)15-22(32-34)24-5-4-14-39-24/h4-14,23H,15-17H2,1-3H3,(H,29,36). The van der Waals surface area contributed by atoms with Crippen molar-refractivity contribution < 1.29 is 19.1 Å². The summed E-state index contributed by atoms with van der Waals surface area (Å²) < 4.78 is 12.2. The predicted molar refractivity (Wildman–Crippen MR) is 154 cm³/mol. The Morgan fingerprint density at radius 1 is 1.02 bits per heavy atom. The molecule has 0 aliphatic carbocycles. The summed E-state index contributed by atoms with van der Waals surface area (Å²) in [5.74, 6) is 1.79. The fraction of sp³-hybridized carbons (Fsp3) is 0.250. The number of benzene rings is 2. The molecular formula is C28H28N6O4S2. The first-order valence-electron chi connectivity index (χ1n) is 12.5. The number of aromatic nitrogens is 3. The second kappa shape index (κ2) is 12.3. The van der Waals surface area contributed by atoms with Gasteiger partial charge in [-0.2, -0.15) is 5.10 Å². The Morgan fingerprint density at radius 3 is 2.38 bits per heavy atom. The van der Waals surface area contributed by atoms with Crippen molar-refractivity contribution in [3.8, 4) is 11.5 Å². The van der Waals surface area contributed by atoms with Crippen LogP contribution in [0.4, 0.5) is 0 Å². The van der Waals surface area contributed by atoms with Crippen molar-refractivity contribution in [2.75, 3.05) is 20.0 Å². The summed E-state index contributed by atoms with van der Waals surface area (Å²) in [7, 11) is 5.01. The van der Waals surface area contributed by atoms with Gasteiger partial charge in [0, 0.05) is 19.0 Å². The van der Waals surface area contributed by atoms with Crippen molar-refractivity contribution in [3.05, 3.63) is 87.9 Å². The Balaban J connectivity index is 1.23. The van der Waals surface area contributed by atoms with E-state index < -0.39 is 0 Å². The van der Waals surface area contributed by atoms with Gasteiger partial charge in [0.2, 0.25) is 0 Å². The first-order valence-corrected chi connectivity index (χ1v) is 14.3. The van der Waals surface area contributed by atoms with E-state index in [1.165, 1.54) is 11.8 Å². The molecule has 10 nitrogen and oxygen atoms in total. The molecule has 0 radical (unpaired) electrons. The molecule has 1 N–H and O–H groups in total. The fourth-order valence-corrected chi connectivity index (χ4v) is 5.74. The lowest BCUT2D eigenvalue weighted by Crippen LogP contribution is -2.28. The van der Waals surface area contributed by atoms with E-state index in [2.05, 4.69) is 15.5 Å². The molecule has 2 aromatic carbocycles. The first kappa shape index (κ1) is 27.4. The van der Waals surface area contributed by atoms with E-state index in [1.807, 2.05) is 48.8 Å². The smallest absolute Gasteiger partial charge is 0.253 e. The summed E-state index contributed by atoms with van der Waals surface area (Å²) in [5, 5.41) is 20.2. The van der Waals surface area contributed by atoms with E-state index in [0.717, 1.165) is 21.9 Å². The molecule has 0 saturated carbocycles. The maximum atomic E-state index is 13.4. The number of ether oxygens (including phenoxy) is 2. The summed E-state index contributed by atoms with van der Waals surface area (Å²) in [6.45, 7) is 0.197. The van der Waals surface area contributed by atoms with Crippen molar-refractivity contribution in [1.29, 1.82) is 0 Å². The van der Waals surface area contributed by atoms with E-state index >= 15 is 0 Å². The molecule has 1 aliphatic heterocycles. The highest BCUT2D eigenvalue weighted by molar-refractivity contribution is 7.99. The van der Waals surface area contributed by atoms with Gasteiger partial charge in [-0.25, -0.2) is 5.01 Å². The molecule has 1 atom stereocenters. The third-order valence-corrected chi connectivity index (χ3v) is 8.41. The highest BCUT2D eigenvalue weighted by atomic mass is 32.2. The Morgan fingerprint density at radius 2 is 1.73 bits per heavy atom. The molecule has 2 amide bonds. The van der Waals surface area contributed by atoms with Gasteiger partial charge in [0.15, 0.2) is 11.0 Å². The van der Waals surface area contributed by atoms with Crippen LogP contribution in [-0.2, 0) is 18.4 Å². The van der Waals surface area contributed by atoms with Crippen LogP contribution in [0, 0.1) is 0 Å². The molecule has 0 bridgehead atoms. The largest absolute Gasteiger partial charge is 0.497 e. The van der Waals surface area contributed by atoms with E-state index in [4.69, 9.17) is 14.6 Å². The summed E-state index contributed by atoms with van der Waals surface area (Å²) in [4.78, 5) is 27.0. The predicted octanol–water partition coefficient (Wildman–Crippen LogP) is 4.29. The van der Waals surface area contributed by atoms with Crippen LogP contribution in [0.5, 0.6) is 11.5 Å². The minimum absolute atomic E-state index is 0.130. The average molecular weight is 577 g/mol. The second-order valence-electron chi connectivity index (χ2n) is 8.91. The Kier molecular flexibility index (Phi) is 8.46. The summed E-state index contributed by atoms with van der Waals surface area (Å²) in [6.07, 6.45) is 0.630. The van der Waals surface area contributed by atoms with E-state index in [1.54, 1.807) is 59.4 Å². The maximum absolute atomic E-state index is 13.4. The third-order valence-electron chi connectivity index (χ3n) is 6.48. The quantitative estimate of drug-likeness (QED) is 0.280. The summed E-state index contributed by atoms with van der Waals surface area (Å²) in [6, 6.07) is 18.4. The van der Waals surface area contributed by atoms with Crippen LogP contribution in [0.15, 0.2) is 76.3 Å². The molecule has 3 heterocycles. The molecule has 0 spiro atoms. The van der Waals surface area contributed by atoms with Gasteiger partial charge in [-0.15, -0.1) is 21.5 Å². The Bertz CT molecular complexity index is 1500. The lowest BCUT2D eigenvalue weighted by molar-refractivity contribution is -0.130. The topological polar surface area (TPSA) is 111 Å². The zero-order chi connectivity index (χ0) is 28.1. The average Bonchev–Trinajstić information content (AvgIpc) is 3.75. The van der Waals surface area contributed by atoms with Gasteiger partial charge in [-0.05, 0) is 53.4 Å². The number of hydrogen-bond acceptors (Lipinski definition) is 9. The molecule has 5 rings (SSSR count). The number of carbonyl (C=O) groups excluding carboxylic acids is 2. The van der Waals surface area contributed by atoms with Gasteiger partial charge >= 0.3 is 0 Å². The van der Waals surface area contributed by atoms with E-state index in [0.29, 0.717) is 28.7 Å². The molecular weight excluding hydrogens is 548 g/mol. The lowest BCUT2D eigenvalue weighted by atomic mass is 10.0. The normalized spacial score (nSPS) is 14.6. The number of carbonyl (C=O) groups is 2. The van der Waals surface area contributed by atoms with Gasteiger partial charge in [-0.1, -0.05) is 30.0 Å². The number of thiophene rings is 1. The number of nitrogens with zero attached hydrogens (tertiary/aromatic N) is 5. The third kappa shape index (κ3) is 6.02. The minimum Gasteiger partial charge on any atom is -0.497 e. The molecule has 40 heavy (non-hydrogen) atoms. The van der Waals surface area contributed by atoms with Gasteiger partial charge in [0.1, 0.15) is 11.5 Å². The summed E-state index contributed by atoms with van der Waals surface area (Å²) in [5.41, 5.74) is 2.40. The van der Waals surface area contributed by atoms with Crippen LogP contribution in [-0.4, -0.2) is 57.3 Å². The highest BCUT2D eigenvalue weighted by Crippen LogP contribution is 2.35. The molecule has 1 aliphatic rings. The zero-order valence-electron chi connectivity index (χ0n) is 22.2. The van der Waals surface area contributed by atoms with Crippen LogP contribution >= 0.6 is 23.1 Å². The maximum Gasteiger partial charge on any atom is 0.253 e. The number of hydrazone groups is 1. The number of nitrogens with one attached hydrogen (secondary N) is 1. The van der Waals surface area contributed by atoms with Crippen molar-refractivity contribution in [2.24, 2.45) is 12.1 Å². The highest BCUT2D eigenvalue weighted by Gasteiger charge is 2.33. The first-order chi connectivity index (χ1) is 19.5. The van der Waals surface area contributed by atoms with Crippen molar-refractivity contribution in [3.63, 3.8) is 0 Å². The summed E-state index contributed by atoms with van der Waals surface area (Å²) >= 11 is 2.89. The second-order valence-corrected chi connectivity index (χ2v) is 10.8. The van der Waals surface area contributed by atoms with Crippen LogP contribution in [0.2, 0.25) is 0 Å². The Labute approximate surface area is 240 Å². The van der Waals surface area contributed by atoms with Gasteiger partial charge in [0.05, 0.1) is 43.1 Å². The number of thioether (sulfide) groups is 1. The molecule has 0 fully saturated rings.